The maximum Gasteiger partial charge on any atom is 0.356 e. The maximum atomic E-state index is 12.3. The van der Waals surface area contributed by atoms with Gasteiger partial charge >= 0.3 is 5.97 Å². The van der Waals surface area contributed by atoms with Gasteiger partial charge in [-0.3, -0.25) is 4.79 Å². The number of H-pyrrole nitrogens is 1. The predicted molar refractivity (Wildman–Crippen MR) is 94.3 cm³/mol. The highest BCUT2D eigenvalue weighted by molar-refractivity contribution is 6.39. The SMILES string of the molecule is COC(=O)C1=Nc2c(ccc(O)c2C=O)O[C@H]1c1c[nH]c2ccccc12. The number of hydrogen-bond donors (Lipinski definition) is 2. The molecule has 7 heteroatoms. The molecule has 0 unspecified atom stereocenters. The number of hydrogen-bond acceptors (Lipinski definition) is 6. The van der Waals surface area contributed by atoms with Crippen molar-refractivity contribution in [2.75, 3.05) is 7.11 Å². The summed E-state index contributed by atoms with van der Waals surface area (Å²) >= 11 is 0. The van der Waals surface area contributed by atoms with Gasteiger partial charge in [0.2, 0.25) is 0 Å². The summed E-state index contributed by atoms with van der Waals surface area (Å²) in [6, 6.07) is 10.5. The summed E-state index contributed by atoms with van der Waals surface area (Å²) in [5.74, 6) is -0.611. The molecule has 0 bridgehead atoms. The number of esters is 1. The highest BCUT2D eigenvalue weighted by Gasteiger charge is 2.34. The summed E-state index contributed by atoms with van der Waals surface area (Å²) in [6.07, 6.45) is 1.41. The fourth-order valence-corrected chi connectivity index (χ4v) is 3.04. The molecule has 3 aromatic rings. The Hall–Kier alpha value is -3.61. The molecule has 26 heavy (non-hydrogen) atoms. The molecule has 0 radical (unpaired) electrons. The lowest BCUT2D eigenvalue weighted by Gasteiger charge is -2.25. The minimum atomic E-state index is -0.810. The van der Waals surface area contributed by atoms with E-state index in [4.69, 9.17) is 9.47 Å². The highest BCUT2D eigenvalue weighted by Crippen LogP contribution is 2.43. The Balaban J connectivity index is 1.92. The Kier molecular flexibility index (Phi) is 3.69. The molecular formula is C19H14N2O5. The quantitative estimate of drug-likeness (QED) is 0.558. The largest absolute Gasteiger partial charge is 0.507 e. The first-order chi connectivity index (χ1) is 12.6. The van der Waals surface area contributed by atoms with Crippen LogP contribution in [0.5, 0.6) is 11.5 Å². The Bertz CT molecular complexity index is 1070. The number of rotatable bonds is 3. The molecule has 2 N–H and O–H groups in total. The average Bonchev–Trinajstić information content (AvgIpc) is 3.10. The van der Waals surface area contributed by atoms with Crippen LogP contribution in [0.15, 0.2) is 47.6 Å². The zero-order chi connectivity index (χ0) is 18.3. The number of aromatic hydroxyl groups is 1. The third kappa shape index (κ3) is 2.33. The zero-order valence-electron chi connectivity index (χ0n) is 13.7. The summed E-state index contributed by atoms with van der Waals surface area (Å²) in [4.78, 5) is 31.1. The molecular weight excluding hydrogens is 336 g/mol. The number of benzene rings is 2. The number of carbonyl (C=O) groups is 2. The molecule has 0 amide bonds. The molecule has 0 fully saturated rings. The van der Waals surface area contributed by atoms with Crippen LogP contribution in [0.2, 0.25) is 0 Å². The lowest BCUT2D eigenvalue weighted by molar-refractivity contribution is -0.133. The lowest BCUT2D eigenvalue weighted by atomic mass is 10.0. The van der Waals surface area contributed by atoms with Gasteiger partial charge in [0.05, 0.1) is 12.7 Å². The number of carbonyl (C=O) groups excluding carboxylic acids is 2. The van der Waals surface area contributed by atoms with Crippen molar-refractivity contribution < 1.29 is 24.2 Å². The Morgan fingerprint density at radius 1 is 1.31 bits per heavy atom. The third-order valence-corrected chi connectivity index (χ3v) is 4.30. The molecule has 2 aromatic carbocycles. The number of phenolic OH excluding ortho intramolecular Hbond substituents is 1. The summed E-state index contributed by atoms with van der Waals surface area (Å²) in [7, 11) is 1.25. The zero-order valence-corrected chi connectivity index (χ0v) is 13.7. The van der Waals surface area contributed by atoms with Crippen molar-refractivity contribution in [1.82, 2.24) is 4.98 Å². The van der Waals surface area contributed by atoms with Gasteiger partial charge in [-0.15, -0.1) is 0 Å². The first-order valence-corrected chi connectivity index (χ1v) is 7.84. The van der Waals surface area contributed by atoms with Gasteiger partial charge in [0, 0.05) is 22.7 Å². The van der Waals surface area contributed by atoms with E-state index in [0.717, 1.165) is 16.5 Å². The van der Waals surface area contributed by atoms with E-state index in [9.17, 15) is 14.7 Å². The fourth-order valence-electron chi connectivity index (χ4n) is 3.04. The number of nitrogens with zero attached hydrogens (tertiary/aromatic N) is 1. The van der Waals surface area contributed by atoms with Gasteiger partial charge in [-0.1, -0.05) is 18.2 Å². The number of fused-ring (bicyclic) bond motifs is 2. The molecule has 1 aliphatic rings. The summed E-state index contributed by atoms with van der Waals surface area (Å²) < 4.78 is 10.8. The minimum Gasteiger partial charge on any atom is -0.507 e. The number of phenols is 1. The number of aromatic amines is 1. The number of methoxy groups -OCH3 is 1. The van der Waals surface area contributed by atoms with Gasteiger partial charge in [-0.25, -0.2) is 9.79 Å². The molecule has 0 saturated heterocycles. The van der Waals surface area contributed by atoms with Crippen molar-refractivity contribution in [1.29, 1.82) is 0 Å². The highest BCUT2D eigenvalue weighted by atomic mass is 16.5. The van der Waals surface area contributed by atoms with Crippen LogP contribution in [-0.2, 0) is 9.53 Å². The van der Waals surface area contributed by atoms with Gasteiger partial charge in [0.25, 0.3) is 0 Å². The predicted octanol–water partition coefficient (Wildman–Crippen LogP) is 3.07. The van der Waals surface area contributed by atoms with E-state index in [1.807, 2.05) is 24.3 Å². The smallest absolute Gasteiger partial charge is 0.356 e. The van der Waals surface area contributed by atoms with Crippen molar-refractivity contribution in [2.24, 2.45) is 4.99 Å². The van der Waals surface area contributed by atoms with Gasteiger partial charge in [0.1, 0.15) is 17.2 Å². The summed E-state index contributed by atoms with van der Waals surface area (Å²) in [5.41, 5.74) is 1.67. The van der Waals surface area contributed by atoms with Crippen molar-refractivity contribution in [3.63, 3.8) is 0 Å². The van der Waals surface area contributed by atoms with E-state index in [1.165, 1.54) is 19.2 Å². The molecule has 2 heterocycles. The summed E-state index contributed by atoms with van der Waals surface area (Å²) in [6.45, 7) is 0. The average molecular weight is 350 g/mol. The van der Waals surface area contributed by atoms with Crippen molar-refractivity contribution in [2.45, 2.75) is 6.10 Å². The van der Waals surface area contributed by atoms with Crippen LogP contribution >= 0.6 is 0 Å². The Morgan fingerprint density at radius 3 is 2.88 bits per heavy atom. The molecule has 0 saturated carbocycles. The van der Waals surface area contributed by atoms with Gasteiger partial charge < -0.3 is 19.6 Å². The normalized spacial score (nSPS) is 15.7. The van der Waals surface area contributed by atoms with Crippen molar-refractivity contribution in [3.8, 4) is 11.5 Å². The number of aldehydes is 1. The van der Waals surface area contributed by atoms with E-state index in [2.05, 4.69) is 9.98 Å². The summed E-state index contributed by atoms with van der Waals surface area (Å²) in [5, 5.41) is 10.7. The molecule has 1 aliphatic heterocycles. The van der Waals surface area contributed by atoms with Crippen LogP contribution in [0.3, 0.4) is 0 Å². The van der Waals surface area contributed by atoms with Crippen LogP contribution in [-0.4, -0.2) is 35.2 Å². The van der Waals surface area contributed by atoms with Crippen molar-refractivity contribution >= 4 is 34.6 Å². The van der Waals surface area contributed by atoms with Crippen LogP contribution < -0.4 is 4.74 Å². The van der Waals surface area contributed by atoms with Gasteiger partial charge in [-0.2, -0.15) is 0 Å². The van der Waals surface area contributed by atoms with Gasteiger partial charge in [0.15, 0.2) is 18.1 Å². The molecule has 130 valence electrons. The number of aliphatic imine (C=N–C) groups is 1. The van der Waals surface area contributed by atoms with E-state index >= 15 is 0 Å². The molecule has 0 aliphatic carbocycles. The number of nitrogens with one attached hydrogen (secondary N) is 1. The van der Waals surface area contributed by atoms with E-state index in [-0.39, 0.29) is 22.7 Å². The fraction of sp³-hybridized carbons (Fsp3) is 0.105. The lowest BCUT2D eigenvalue weighted by Crippen LogP contribution is -2.29. The van der Waals surface area contributed by atoms with E-state index in [1.54, 1.807) is 6.20 Å². The minimum absolute atomic E-state index is 0.00143. The van der Waals surface area contributed by atoms with Crippen LogP contribution in [0.4, 0.5) is 5.69 Å². The standard InChI is InChI=1S/C19H14N2O5/c1-25-19(24)17-18(11-8-20-13-5-3-2-4-10(11)13)26-15-7-6-14(23)12(9-22)16(15)21-17/h2-9,18,20,23H,1H3/t18-/m0/s1. The molecule has 7 nitrogen and oxygen atoms in total. The maximum absolute atomic E-state index is 12.3. The topological polar surface area (TPSA) is 101 Å². The van der Waals surface area contributed by atoms with E-state index in [0.29, 0.717) is 12.0 Å². The van der Waals surface area contributed by atoms with E-state index < -0.39 is 12.1 Å². The molecule has 0 spiro atoms. The monoisotopic (exact) mass is 350 g/mol. The number of para-hydroxylation sites is 1. The Labute approximate surface area is 147 Å². The first kappa shape index (κ1) is 15.9. The number of aromatic nitrogens is 1. The second-order valence-corrected chi connectivity index (χ2v) is 5.74. The first-order valence-electron chi connectivity index (χ1n) is 7.84. The van der Waals surface area contributed by atoms with Crippen LogP contribution in [0, 0.1) is 0 Å². The van der Waals surface area contributed by atoms with Crippen LogP contribution in [0.1, 0.15) is 22.0 Å². The molecule has 4 rings (SSSR count). The van der Waals surface area contributed by atoms with Gasteiger partial charge in [-0.05, 0) is 18.2 Å². The second-order valence-electron chi connectivity index (χ2n) is 5.74. The van der Waals surface area contributed by atoms with Crippen LogP contribution in [0.25, 0.3) is 10.9 Å². The molecule has 1 aromatic heterocycles. The third-order valence-electron chi connectivity index (χ3n) is 4.30. The Morgan fingerprint density at radius 2 is 2.12 bits per heavy atom. The second kappa shape index (κ2) is 6.03. The molecule has 1 atom stereocenters. The van der Waals surface area contributed by atoms with Crippen molar-refractivity contribution in [3.05, 3.63) is 53.7 Å². The number of ether oxygens (including phenoxy) is 2.